The molecule has 192 valence electrons. The topological polar surface area (TPSA) is 109 Å². The van der Waals surface area contributed by atoms with E-state index in [-0.39, 0.29) is 18.3 Å². The van der Waals surface area contributed by atoms with Crippen LogP contribution in [0, 0.1) is 11.8 Å². The van der Waals surface area contributed by atoms with E-state index >= 15 is 0 Å². The van der Waals surface area contributed by atoms with E-state index in [9.17, 15) is 15.0 Å². The Kier molecular flexibility index (Phi) is 9.49. The second-order valence-corrected chi connectivity index (χ2v) is 10.5. The van der Waals surface area contributed by atoms with E-state index in [1.807, 2.05) is 30.3 Å². The number of carboxylic acids is 1. The maximum absolute atomic E-state index is 11.6. The van der Waals surface area contributed by atoms with Crippen LogP contribution >= 0.6 is 11.8 Å². The van der Waals surface area contributed by atoms with Gasteiger partial charge >= 0.3 is 5.97 Å². The number of aromatic nitrogens is 3. The summed E-state index contributed by atoms with van der Waals surface area (Å²) in [6, 6.07) is 9.51. The lowest BCUT2D eigenvalue weighted by molar-refractivity contribution is -0.139. The standard InChI is InChI=1S/C27H34N4O4S/c1-35-21-4-5-25-24(16-21)23(8-10-28-25)26(32)6-3-19-9-13-31(18-20(19)15-27(33)34)12-2-14-36-22-7-11-29-30-17-22/h4-5,7-8,10-11,16-17,19-20,26,32H,2-3,6,9,12-15,18H2,1H3,(H,33,34)/t19-,20+,26-/m1/s1. The van der Waals surface area contributed by atoms with E-state index < -0.39 is 12.1 Å². The lowest BCUT2D eigenvalue weighted by Gasteiger charge is -2.38. The summed E-state index contributed by atoms with van der Waals surface area (Å²) in [7, 11) is 1.62. The number of aliphatic hydroxyl groups is 1. The van der Waals surface area contributed by atoms with Crippen LogP contribution in [0.4, 0.5) is 0 Å². The molecule has 3 aromatic rings. The number of ether oxygens (including phenoxy) is 1. The van der Waals surface area contributed by atoms with Gasteiger partial charge in [0.05, 0.1) is 31.1 Å². The number of rotatable bonds is 12. The minimum Gasteiger partial charge on any atom is -0.497 e. The number of aliphatic carboxylic acids is 1. The number of aliphatic hydroxyl groups excluding tert-OH is 1. The number of hydrogen-bond acceptors (Lipinski definition) is 8. The van der Waals surface area contributed by atoms with Crippen LogP contribution in [0.3, 0.4) is 0 Å². The molecule has 1 aromatic carbocycles. The van der Waals surface area contributed by atoms with Crippen molar-refractivity contribution in [2.45, 2.75) is 43.1 Å². The van der Waals surface area contributed by atoms with Gasteiger partial charge in [-0.1, -0.05) is 0 Å². The highest BCUT2D eigenvalue weighted by atomic mass is 32.2. The number of hydrogen-bond donors (Lipinski definition) is 2. The van der Waals surface area contributed by atoms with Gasteiger partial charge in [-0.2, -0.15) is 10.2 Å². The molecule has 0 bridgehead atoms. The number of benzene rings is 1. The largest absolute Gasteiger partial charge is 0.497 e. The summed E-state index contributed by atoms with van der Waals surface area (Å²) in [5.74, 6) is 1.35. The van der Waals surface area contributed by atoms with Gasteiger partial charge in [-0.05, 0) is 92.3 Å². The van der Waals surface area contributed by atoms with Crippen LogP contribution in [0.1, 0.15) is 43.8 Å². The van der Waals surface area contributed by atoms with Crippen molar-refractivity contribution in [1.82, 2.24) is 20.1 Å². The van der Waals surface area contributed by atoms with Crippen molar-refractivity contribution in [3.8, 4) is 5.75 Å². The third kappa shape index (κ3) is 7.15. The fourth-order valence-electron chi connectivity index (χ4n) is 5.13. The van der Waals surface area contributed by atoms with Crippen molar-refractivity contribution >= 4 is 28.6 Å². The van der Waals surface area contributed by atoms with Crippen LogP contribution in [-0.2, 0) is 4.79 Å². The third-order valence-electron chi connectivity index (χ3n) is 7.01. The van der Waals surface area contributed by atoms with Crippen LogP contribution in [-0.4, -0.2) is 68.8 Å². The van der Waals surface area contributed by atoms with Crippen LogP contribution in [0.2, 0.25) is 0 Å². The normalized spacial score (nSPS) is 19.3. The molecule has 3 heterocycles. The Morgan fingerprint density at radius 1 is 1.22 bits per heavy atom. The average Bonchev–Trinajstić information content (AvgIpc) is 2.90. The van der Waals surface area contributed by atoms with Gasteiger partial charge in [0, 0.05) is 29.4 Å². The lowest BCUT2D eigenvalue weighted by atomic mass is 9.79. The number of methoxy groups -OCH3 is 1. The minimum absolute atomic E-state index is 0.0924. The number of carboxylic acid groups (broad SMARTS) is 1. The summed E-state index contributed by atoms with van der Waals surface area (Å²) < 4.78 is 5.35. The van der Waals surface area contributed by atoms with Crippen LogP contribution in [0.15, 0.2) is 53.8 Å². The Morgan fingerprint density at radius 3 is 2.89 bits per heavy atom. The third-order valence-corrected chi connectivity index (χ3v) is 8.08. The van der Waals surface area contributed by atoms with Gasteiger partial charge in [0.15, 0.2) is 0 Å². The molecule has 36 heavy (non-hydrogen) atoms. The SMILES string of the molecule is COc1ccc2nccc([C@H](O)CC[C@@H]3CCN(CCCSc4ccnnc4)C[C@@H]3CC(=O)O)c2c1. The number of nitrogens with zero attached hydrogens (tertiary/aromatic N) is 4. The van der Waals surface area contributed by atoms with Crippen molar-refractivity contribution in [1.29, 1.82) is 0 Å². The second-order valence-electron chi connectivity index (χ2n) is 9.36. The number of piperidine rings is 1. The molecule has 1 aliphatic rings. The molecular weight excluding hydrogens is 476 g/mol. The second kappa shape index (κ2) is 13.0. The summed E-state index contributed by atoms with van der Waals surface area (Å²) in [5.41, 5.74) is 1.66. The Bertz CT molecular complexity index is 1130. The van der Waals surface area contributed by atoms with Gasteiger partial charge in [0.25, 0.3) is 0 Å². The fraction of sp³-hybridized carbons (Fsp3) is 0.481. The predicted molar refractivity (Wildman–Crippen MR) is 140 cm³/mol. The quantitative estimate of drug-likeness (QED) is 0.270. The molecule has 8 nitrogen and oxygen atoms in total. The van der Waals surface area contributed by atoms with E-state index in [1.54, 1.807) is 37.5 Å². The van der Waals surface area contributed by atoms with E-state index in [2.05, 4.69) is 20.1 Å². The summed E-state index contributed by atoms with van der Waals surface area (Å²) >= 11 is 1.77. The molecule has 2 aromatic heterocycles. The number of pyridine rings is 1. The van der Waals surface area contributed by atoms with Crippen molar-refractivity contribution in [2.24, 2.45) is 11.8 Å². The van der Waals surface area contributed by atoms with Crippen LogP contribution in [0.5, 0.6) is 5.75 Å². The van der Waals surface area contributed by atoms with Crippen LogP contribution < -0.4 is 4.74 Å². The van der Waals surface area contributed by atoms with Gasteiger partial charge in [-0.3, -0.25) is 9.78 Å². The lowest BCUT2D eigenvalue weighted by Crippen LogP contribution is -2.42. The molecular formula is C27H34N4O4S. The van der Waals surface area contributed by atoms with Crippen molar-refractivity contribution in [3.05, 3.63) is 54.5 Å². The summed E-state index contributed by atoms with van der Waals surface area (Å²) in [6.07, 6.45) is 8.12. The van der Waals surface area contributed by atoms with Gasteiger partial charge in [-0.15, -0.1) is 11.8 Å². The Balaban J connectivity index is 1.31. The van der Waals surface area contributed by atoms with E-state index in [0.717, 1.165) is 71.8 Å². The molecule has 0 saturated carbocycles. The van der Waals surface area contributed by atoms with E-state index in [1.165, 1.54) is 0 Å². The zero-order valence-electron chi connectivity index (χ0n) is 20.6. The van der Waals surface area contributed by atoms with Crippen molar-refractivity contribution in [2.75, 3.05) is 32.5 Å². The van der Waals surface area contributed by atoms with Crippen molar-refractivity contribution < 1.29 is 19.7 Å². The first kappa shape index (κ1) is 26.3. The number of likely N-dealkylation sites (tertiary alicyclic amines) is 1. The predicted octanol–water partition coefficient (Wildman–Crippen LogP) is 4.44. The molecule has 1 saturated heterocycles. The molecule has 2 N–H and O–H groups in total. The molecule has 0 aliphatic carbocycles. The molecule has 0 spiro atoms. The maximum atomic E-state index is 11.6. The molecule has 0 amide bonds. The first-order valence-electron chi connectivity index (χ1n) is 12.5. The smallest absolute Gasteiger partial charge is 0.303 e. The first-order valence-corrected chi connectivity index (χ1v) is 13.5. The first-order chi connectivity index (χ1) is 17.5. The summed E-state index contributed by atoms with van der Waals surface area (Å²) in [4.78, 5) is 19.5. The number of carbonyl (C=O) groups is 1. The van der Waals surface area contributed by atoms with Crippen LogP contribution in [0.25, 0.3) is 10.9 Å². The summed E-state index contributed by atoms with van der Waals surface area (Å²) in [6.45, 7) is 2.72. The zero-order valence-corrected chi connectivity index (χ0v) is 21.4. The Hall–Kier alpha value is -2.75. The number of fused-ring (bicyclic) bond motifs is 1. The van der Waals surface area contributed by atoms with Crippen molar-refractivity contribution in [3.63, 3.8) is 0 Å². The molecule has 4 rings (SSSR count). The highest BCUT2D eigenvalue weighted by Gasteiger charge is 2.31. The highest BCUT2D eigenvalue weighted by Crippen LogP contribution is 2.35. The average molecular weight is 511 g/mol. The molecule has 1 aliphatic heterocycles. The monoisotopic (exact) mass is 510 g/mol. The molecule has 3 atom stereocenters. The molecule has 0 unspecified atom stereocenters. The number of thioether (sulfide) groups is 1. The van der Waals surface area contributed by atoms with Gasteiger partial charge in [0.2, 0.25) is 0 Å². The molecule has 1 fully saturated rings. The fourth-order valence-corrected chi connectivity index (χ4v) is 5.92. The highest BCUT2D eigenvalue weighted by molar-refractivity contribution is 7.99. The Labute approximate surface area is 216 Å². The molecule has 0 radical (unpaired) electrons. The van der Waals surface area contributed by atoms with Gasteiger partial charge < -0.3 is 19.8 Å². The van der Waals surface area contributed by atoms with E-state index in [0.29, 0.717) is 6.42 Å². The van der Waals surface area contributed by atoms with Gasteiger partial charge in [-0.25, -0.2) is 0 Å². The minimum atomic E-state index is -0.750. The zero-order chi connectivity index (χ0) is 25.3. The maximum Gasteiger partial charge on any atom is 0.303 e. The van der Waals surface area contributed by atoms with E-state index in [4.69, 9.17) is 4.74 Å². The van der Waals surface area contributed by atoms with Gasteiger partial charge in [0.1, 0.15) is 5.75 Å². The molecule has 9 heteroatoms. The Morgan fingerprint density at radius 2 is 2.11 bits per heavy atom. The summed E-state index contributed by atoms with van der Waals surface area (Å²) in [5, 5.41) is 29.2.